The molecule has 1 aromatic heterocycles. The summed E-state index contributed by atoms with van der Waals surface area (Å²) in [4.78, 5) is 7.65. The Labute approximate surface area is 108 Å². The fraction of sp³-hybridized carbons (Fsp3) is 0.556. The van der Waals surface area contributed by atoms with E-state index in [4.69, 9.17) is 21.4 Å². The van der Waals surface area contributed by atoms with Gasteiger partial charge in [-0.3, -0.25) is 5.84 Å². The molecule has 9 N–H and O–H groups in total. The summed E-state index contributed by atoms with van der Waals surface area (Å²) in [5.74, 6) is 5.63. The molecule has 1 fully saturated rings. The predicted octanol–water partition coefficient (Wildman–Crippen LogP) is -2.80. The molecule has 4 unspecified atom stereocenters. The number of anilines is 3. The Morgan fingerprint density at radius 3 is 2.63 bits per heavy atom. The van der Waals surface area contributed by atoms with Gasteiger partial charge in [-0.05, 0) is 0 Å². The summed E-state index contributed by atoms with van der Waals surface area (Å²) in [6.45, 7) is -0.412. The summed E-state index contributed by atoms with van der Waals surface area (Å²) in [7, 11) is 0. The van der Waals surface area contributed by atoms with Gasteiger partial charge in [0.15, 0.2) is 17.9 Å². The minimum atomic E-state index is -1.22. The Morgan fingerprint density at radius 1 is 1.32 bits per heavy atom. The number of aliphatic hydroxyl groups is 3. The highest BCUT2D eigenvalue weighted by atomic mass is 16.6. The second kappa shape index (κ2) is 5.50. The van der Waals surface area contributed by atoms with Crippen LogP contribution < -0.4 is 22.3 Å². The third-order valence-corrected chi connectivity index (χ3v) is 2.84. The molecule has 2 heterocycles. The Bertz CT molecular complexity index is 447. The number of hydrogen-bond acceptors (Lipinski definition) is 10. The number of nitrogens with zero attached hydrogens (tertiary/aromatic N) is 2. The van der Waals surface area contributed by atoms with Crippen LogP contribution >= 0.6 is 0 Å². The molecule has 1 aliphatic heterocycles. The van der Waals surface area contributed by atoms with Gasteiger partial charge < -0.3 is 36.5 Å². The van der Waals surface area contributed by atoms with Gasteiger partial charge in [0.05, 0.1) is 6.61 Å². The van der Waals surface area contributed by atoms with E-state index in [1.165, 1.54) is 6.33 Å². The lowest BCUT2D eigenvalue weighted by molar-refractivity contribution is -0.0153. The van der Waals surface area contributed by atoms with Crippen LogP contribution in [0.15, 0.2) is 6.33 Å². The molecule has 10 heteroatoms. The number of nitrogen functional groups attached to an aromatic ring is 2. The van der Waals surface area contributed by atoms with Crippen LogP contribution in [0.4, 0.5) is 17.3 Å². The molecule has 19 heavy (non-hydrogen) atoms. The summed E-state index contributed by atoms with van der Waals surface area (Å²) < 4.78 is 5.25. The molecular formula is C9H16N6O4. The molecule has 10 nitrogen and oxygen atoms in total. The summed E-state index contributed by atoms with van der Waals surface area (Å²) in [5, 5.41) is 31.1. The molecular weight excluding hydrogens is 256 g/mol. The van der Waals surface area contributed by atoms with Crippen molar-refractivity contribution >= 4 is 17.3 Å². The van der Waals surface area contributed by atoms with Gasteiger partial charge in [0, 0.05) is 0 Å². The number of ether oxygens (including phenoxy) is 1. The van der Waals surface area contributed by atoms with Crippen molar-refractivity contribution in [2.75, 3.05) is 23.1 Å². The van der Waals surface area contributed by atoms with E-state index < -0.39 is 31.1 Å². The lowest BCUT2D eigenvalue weighted by Crippen LogP contribution is -2.37. The van der Waals surface area contributed by atoms with Crippen LogP contribution in [-0.4, -0.2) is 56.4 Å². The number of hydrogen-bond donors (Lipinski definition) is 7. The van der Waals surface area contributed by atoms with Crippen molar-refractivity contribution in [1.82, 2.24) is 9.97 Å². The van der Waals surface area contributed by atoms with E-state index in [0.717, 1.165) is 0 Å². The molecule has 1 aliphatic rings. The number of aliphatic hydroxyl groups excluding tert-OH is 3. The van der Waals surface area contributed by atoms with Gasteiger partial charge in [0.1, 0.15) is 30.3 Å². The smallest absolute Gasteiger partial charge is 0.158 e. The summed E-state index contributed by atoms with van der Waals surface area (Å²) >= 11 is 0. The van der Waals surface area contributed by atoms with Crippen LogP contribution in [-0.2, 0) is 4.74 Å². The molecule has 1 aromatic rings. The first-order chi connectivity index (χ1) is 9.08. The molecule has 0 bridgehead atoms. The van der Waals surface area contributed by atoms with E-state index in [2.05, 4.69) is 20.7 Å². The average Bonchev–Trinajstić information content (AvgIpc) is 2.67. The van der Waals surface area contributed by atoms with Crippen molar-refractivity contribution in [2.24, 2.45) is 5.84 Å². The zero-order valence-electron chi connectivity index (χ0n) is 9.89. The molecule has 106 valence electrons. The molecule has 2 rings (SSSR count). The maximum Gasteiger partial charge on any atom is 0.158 e. The molecule has 0 saturated carbocycles. The summed E-state index contributed by atoms with van der Waals surface area (Å²) in [5.41, 5.74) is 8.16. The van der Waals surface area contributed by atoms with E-state index in [1.807, 2.05) is 0 Å². The first kappa shape index (κ1) is 13.7. The van der Waals surface area contributed by atoms with Gasteiger partial charge in [-0.1, -0.05) is 0 Å². The van der Waals surface area contributed by atoms with Gasteiger partial charge in [0.2, 0.25) is 0 Å². The van der Waals surface area contributed by atoms with E-state index in [0.29, 0.717) is 0 Å². The molecule has 0 spiro atoms. The maximum absolute atomic E-state index is 9.78. The summed E-state index contributed by atoms with van der Waals surface area (Å²) in [6.07, 6.45) is -3.04. The normalized spacial score (nSPS) is 30.3. The number of nitrogens with two attached hydrogens (primary N) is 2. The monoisotopic (exact) mass is 272 g/mol. The number of rotatable bonds is 4. The average molecular weight is 272 g/mol. The highest BCUT2D eigenvalue weighted by Gasteiger charge is 2.42. The van der Waals surface area contributed by atoms with Crippen LogP contribution in [0.3, 0.4) is 0 Å². The fourth-order valence-corrected chi connectivity index (χ4v) is 1.80. The largest absolute Gasteiger partial charge is 0.394 e. The fourth-order valence-electron chi connectivity index (χ4n) is 1.80. The van der Waals surface area contributed by atoms with Crippen molar-refractivity contribution < 1.29 is 20.1 Å². The maximum atomic E-state index is 9.78. The van der Waals surface area contributed by atoms with Gasteiger partial charge in [0.25, 0.3) is 0 Å². The van der Waals surface area contributed by atoms with E-state index >= 15 is 0 Å². The number of aromatic nitrogens is 2. The standard InChI is InChI=1S/C9H16N6O4/c10-7-4(15-11)8(13-2-12-7)14-9-6(18)5(17)3(1-16)19-9/h2-3,5-6,9,15-18H,1,11H2,(H3,10,12,13,14). The third kappa shape index (κ3) is 2.52. The van der Waals surface area contributed by atoms with Crippen LogP contribution in [0.1, 0.15) is 0 Å². The van der Waals surface area contributed by atoms with Crippen molar-refractivity contribution in [2.45, 2.75) is 24.5 Å². The van der Waals surface area contributed by atoms with E-state index in [-0.39, 0.29) is 17.3 Å². The topological polar surface area (TPSA) is 172 Å². The molecule has 0 amide bonds. The van der Waals surface area contributed by atoms with Gasteiger partial charge >= 0.3 is 0 Å². The minimum Gasteiger partial charge on any atom is -0.394 e. The highest BCUT2D eigenvalue weighted by Crippen LogP contribution is 2.27. The zero-order chi connectivity index (χ0) is 14.0. The lowest BCUT2D eigenvalue weighted by Gasteiger charge is -2.19. The Balaban J connectivity index is 2.16. The lowest BCUT2D eigenvalue weighted by atomic mass is 10.1. The number of nitrogens with one attached hydrogen (secondary N) is 2. The van der Waals surface area contributed by atoms with E-state index in [1.54, 1.807) is 0 Å². The third-order valence-electron chi connectivity index (χ3n) is 2.84. The quantitative estimate of drug-likeness (QED) is 0.224. The van der Waals surface area contributed by atoms with E-state index in [9.17, 15) is 10.2 Å². The Hall–Kier alpha value is -1.72. The zero-order valence-corrected chi connectivity index (χ0v) is 9.89. The van der Waals surface area contributed by atoms with Crippen molar-refractivity contribution in [3.8, 4) is 0 Å². The van der Waals surface area contributed by atoms with Gasteiger partial charge in [-0.15, -0.1) is 0 Å². The van der Waals surface area contributed by atoms with Crippen LogP contribution in [0.2, 0.25) is 0 Å². The molecule has 0 aliphatic carbocycles. The molecule has 0 radical (unpaired) electrons. The van der Waals surface area contributed by atoms with Crippen molar-refractivity contribution in [3.05, 3.63) is 6.33 Å². The van der Waals surface area contributed by atoms with Crippen LogP contribution in [0.5, 0.6) is 0 Å². The second-order valence-electron chi connectivity index (χ2n) is 4.03. The molecule has 0 aromatic carbocycles. The summed E-state index contributed by atoms with van der Waals surface area (Å²) in [6, 6.07) is 0. The minimum absolute atomic E-state index is 0.117. The number of hydrazine groups is 1. The first-order valence-corrected chi connectivity index (χ1v) is 5.54. The first-order valence-electron chi connectivity index (χ1n) is 5.54. The van der Waals surface area contributed by atoms with Crippen LogP contribution in [0.25, 0.3) is 0 Å². The van der Waals surface area contributed by atoms with Crippen LogP contribution in [0, 0.1) is 0 Å². The Morgan fingerprint density at radius 2 is 2.05 bits per heavy atom. The van der Waals surface area contributed by atoms with Gasteiger partial charge in [-0.2, -0.15) is 0 Å². The Kier molecular flexibility index (Phi) is 3.97. The highest BCUT2D eigenvalue weighted by molar-refractivity contribution is 5.74. The molecule has 4 atom stereocenters. The SMILES string of the molecule is NNc1c(N)ncnc1NC1OC(CO)C(O)C1O. The molecule has 1 saturated heterocycles. The van der Waals surface area contributed by atoms with Crippen molar-refractivity contribution in [3.63, 3.8) is 0 Å². The second-order valence-corrected chi connectivity index (χ2v) is 4.03. The van der Waals surface area contributed by atoms with Gasteiger partial charge in [-0.25, -0.2) is 9.97 Å². The predicted molar refractivity (Wildman–Crippen MR) is 65.6 cm³/mol. The van der Waals surface area contributed by atoms with Crippen molar-refractivity contribution in [1.29, 1.82) is 0 Å².